The van der Waals surface area contributed by atoms with Crippen LogP contribution in [-0.4, -0.2) is 38.0 Å². The number of nitrogens with zero attached hydrogens (tertiary/aromatic N) is 1. The van der Waals surface area contributed by atoms with Gasteiger partial charge in [-0.3, -0.25) is 4.79 Å². The number of anilines is 1. The van der Waals surface area contributed by atoms with Crippen LogP contribution in [0, 0.1) is 12.7 Å². The molecule has 5 nitrogen and oxygen atoms in total. The number of rotatable bonds is 7. The van der Waals surface area contributed by atoms with Gasteiger partial charge in [-0.05, 0) is 48.7 Å². The van der Waals surface area contributed by atoms with E-state index in [9.17, 15) is 17.6 Å². The van der Waals surface area contributed by atoms with Crippen molar-refractivity contribution in [3.8, 4) is 0 Å². The Labute approximate surface area is 157 Å². The van der Waals surface area contributed by atoms with E-state index in [2.05, 4.69) is 5.32 Å². The molecule has 0 atom stereocenters. The van der Waals surface area contributed by atoms with Gasteiger partial charge in [0.15, 0.2) is 0 Å². The van der Waals surface area contributed by atoms with Crippen LogP contribution in [-0.2, 0) is 21.2 Å². The minimum absolute atomic E-state index is 0.00673. The average molecular weight is 399 g/mol. The van der Waals surface area contributed by atoms with Crippen LogP contribution in [0.2, 0.25) is 5.02 Å². The number of halogens is 2. The Kier molecular flexibility index (Phi) is 6.75. The van der Waals surface area contributed by atoms with E-state index in [0.29, 0.717) is 16.3 Å². The standard InChI is InChI=1S/C18H20ClFN2O3S/c1-13-11-15(19)7-8-17(13)21-18(23)12-22(26(2,24)25)10-9-14-5-3-4-6-16(14)20/h3-8,11H,9-10,12H2,1-2H3,(H,21,23). The average Bonchev–Trinajstić information content (AvgIpc) is 2.54. The SMILES string of the molecule is Cc1cc(Cl)ccc1NC(=O)CN(CCc1ccccc1F)S(C)(=O)=O. The Balaban J connectivity index is 2.05. The number of sulfonamides is 1. The summed E-state index contributed by atoms with van der Waals surface area (Å²) in [4.78, 5) is 12.3. The summed E-state index contributed by atoms with van der Waals surface area (Å²) >= 11 is 5.88. The molecule has 0 aromatic heterocycles. The number of carbonyl (C=O) groups excluding carboxylic acids is 1. The van der Waals surface area contributed by atoms with Gasteiger partial charge in [0.2, 0.25) is 15.9 Å². The number of hydrogen-bond donors (Lipinski definition) is 1. The third-order valence-corrected chi connectivity index (χ3v) is 5.32. The summed E-state index contributed by atoms with van der Waals surface area (Å²) in [6.07, 6.45) is 1.20. The zero-order valence-corrected chi connectivity index (χ0v) is 16.1. The molecule has 1 amide bonds. The van der Waals surface area contributed by atoms with Gasteiger partial charge in [-0.25, -0.2) is 12.8 Å². The molecule has 26 heavy (non-hydrogen) atoms. The fourth-order valence-corrected chi connectivity index (χ4v) is 3.43. The Morgan fingerprint density at radius 3 is 2.54 bits per heavy atom. The predicted octanol–water partition coefficient (Wildman–Crippen LogP) is 3.23. The molecule has 0 heterocycles. The molecule has 2 aromatic carbocycles. The maximum atomic E-state index is 13.7. The maximum absolute atomic E-state index is 13.7. The summed E-state index contributed by atoms with van der Waals surface area (Å²) in [7, 11) is -3.62. The zero-order chi connectivity index (χ0) is 19.3. The fourth-order valence-electron chi connectivity index (χ4n) is 2.43. The van der Waals surface area contributed by atoms with E-state index in [1.807, 2.05) is 0 Å². The van der Waals surface area contributed by atoms with Crippen LogP contribution in [0.1, 0.15) is 11.1 Å². The van der Waals surface area contributed by atoms with Crippen LogP contribution in [0.3, 0.4) is 0 Å². The zero-order valence-electron chi connectivity index (χ0n) is 14.5. The van der Waals surface area contributed by atoms with Crippen LogP contribution in [0.4, 0.5) is 10.1 Å². The third kappa shape index (κ3) is 5.79. The molecule has 0 bridgehead atoms. The lowest BCUT2D eigenvalue weighted by atomic mass is 10.1. The van der Waals surface area contributed by atoms with Crippen LogP contribution < -0.4 is 5.32 Å². The van der Waals surface area contributed by atoms with Crippen molar-refractivity contribution >= 4 is 33.2 Å². The van der Waals surface area contributed by atoms with Crippen molar-refractivity contribution in [3.63, 3.8) is 0 Å². The first-order valence-corrected chi connectivity index (χ1v) is 10.1. The van der Waals surface area contributed by atoms with Gasteiger partial charge >= 0.3 is 0 Å². The maximum Gasteiger partial charge on any atom is 0.239 e. The van der Waals surface area contributed by atoms with Crippen LogP contribution >= 0.6 is 11.6 Å². The molecule has 0 fully saturated rings. The second-order valence-electron chi connectivity index (χ2n) is 5.95. The molecule has 0 aliphatic carbocycles. The fraction of sp³-hybridized carbons (Fsp3) is 0.278. The summed E-state index contributed by atoms with van der Waals surface area (Å²) in [5.41, 5.74) is 1.72. The van der Waals surface area contributed by atoms with Gasteiger partial charge in [0.25, 0.3) is 0 Å². The highest BCUT2D eigenvalue weighted by Gasteiger charge is 2.21. The van der Waals surface area contributed by atoms with Crippen molar-refractivity contribution in [2.24, 2.45) is 0 Å². The van der Waals surface area contributed by atoms with Gasteiger partial charge in [0.05, 0.1) is 12.8 Å². The van der Waals surface area contributed by atoms with Gasteiger partial charge < -0.3 is 5.32 Å². The van der Waals surface area contributed by atoms with E-state index in [1.54, 1.807) is 43.3 Å². The number of carbonyl (C=O) groups is 1. The molecule has 0 saturated carbocycles. The molecule has 0 aliphatic heterocycles. The van der Waals surface area contributed by atoms with Crippen LogP contribution in [0.25, 0.3) is 0 Å². The Morgan fingerprint density at radius 1 is 1.23 bits per heavy atom. The van der Waals surface area contributed by atoms with E-state index in [0.717, 1.165) is 16.1 Å². The molecular weight excluding hydrogens is 379 g/mol. The number of amides is 1. The predicted molar refractivity (Wildman–Crippen MR) is 101 cm³/mol. The lowest BCUT2D eigenvalue weighted by Crippen LogP contribution is -2.38. The van der Waals surface area contributed by atoms with Crippen molar-refractivity contribution in [2.75, 3.05) is 24.7 Å². The van der Waals surface area contributed by atoms with E-state index < -0.39 is 21.7 Å². The minimum atomic E-state index is -3.62. The van der Waals surface area contributed by atoms with Crippen molar-refractivity contribution in [2.45, 2.75) is 13.3 Å². The lowest BCUT2D eigenvalue weighted by molar-refractivity contribution is -0.116. The van der Waals surface area contributed by atoms with E-state index in [1.165, 1.54) is 6.07 Å². The van der Waals surface area contributed by atoms with E-state index in [4.69, 9.17) is 11.6 Å². The number of nitrogens with one attached hydrogen (secondary N) is 1. The molecule has 0 saturated heterocycles. The monoisotopic (exact) mass is 398 g/mol. The first-order valence-electron chi connectivity index (χ1n) is 7.91. The normalized spacial score (nSPS) is 11.6. The summed E-state index contributed by atoms with van der Waals surface area (Å²) in [6, 6.07) is 11.1. The molecular formula is C18H20ClFN2O3S. The molecule has 0 aliphatic rings. The Morgan fingerprint density at radius 2 is 1.92 bits per heavy atom. The molecule has 0 unspecified atom stereocenters. The molecule has 2 aromatic rings. The number of benzene rings is 2. The van der Waals surface area contributed by atoms with Gasteiger partial charge in [-0.1, -0.05) is 29.8 Å². The lowest BCUT2D eigenvalue weighted by Gasteiger charge is -2.20. The second-order valence-corrected chi connectivity index (χ2v) is 8.36. The smallest absolute Gasteiger partial charge is 0.239 e. The molecule has 0 radical (unpaired) electrons. The highest BCUT2D eigenvalue weighted by atomic mass is 35.5. The first kappa shape index (κ1) is 20.4. The second kappa shape index (κ2) is 8.62. The Hall–Kier alpha value is -1.96. The summed E-state index contributed by atoms with van der Waals surface area (Å²) in [5, 5.41) is 3.22. The molecule has 1 N–H and O–H groups in total. The topological polar surface area (TPSA) is 66.5 Å². The first-order chi connectivity index (χ1) is 12.2. The van der Waals surface area contributed by atoms with E-state index in [-0.39, 0.29) is 19.5 Å². The third-order valence-electron chi connectivity index (χ3n) is 3.84. The summed E-state index contributed by atoms with van der Waals surface area (Å²) in [6.45, 7) is 1.44. The van der Waals surface area contributed by atoms with Crippen LogP contribution in [0.15, 0.2) is 42.5 Å². The Bertz CT molecular complexity index is 903. The van der Waals surface area contributed by atoms with Crippen molar-refractivity contribution < 1.29 is 17.6 Å². The van der Waals surface area contributed by atoms with Gasteiger partial charge in [0, 0.05) is 17.3 Å². The van der Waals surface area contributed by atoms with Crippen molar-refractivity contribution in [3.05, 3.63) is 64.4 Å². The van der Waals surface area contributed by atoms with Crippen LogP contribution in [0.5, 0.6) is 0 Å². The van der Waals surface area contributed by atoms with Crippen molar-refractivity contribution in [1.82, 2.24) is 4.31 Å². The number of aryl methyl sites for hydroxylation is 1. The van der Waals surface area contributed by atoms with Gasteiger partial charge in [-0.15, -0.1) is 0 Å². The highest BCUT2D eigenvalue weighted by Crippen LogP contribution is 2.19. The quantitative estimate of drug-likeness (QED) is 0.778. The molecule has 140 valence electrons. The van der Waals surface area contributed by atoms with Crippen molar-refractivity contribution in [1.29, 1.82) is 0 Å². The summed E-state index contributed by atoms with van der Waals surface area (Å²) in [5.74, 6) is -0.878. The number of hydrogen-bond acceptors (Lipinski definition) is 3. The molecule has 8 heteroatoms. The minimum Gasteiger partial charge on any atom is -0.325 e. The van der Waals surface area contributed by atoms with E-state index >= 15 is 0 Å². The summed E-state index contributed by atoms with van der Waals surface area (Å²) < 4.78 is 38.7. The highest BCUT2D eigenvalue weighted by molar-refractivity contribution is 7.88. The van der Waals surface area contributed by atoms with Gasteiger partial charge in [-0.2, -0.15) is 4.31 Å². The largest absolute Gasteiger partial charge is 0.325 e. The molecule has 2 rings (SSSR count). The van der Waals surface area contributed by atoms with Gasteiger partial charge in [0.1, 0.15) is 5.82 Å². The molecule has 0 spiro atoms.